The van der Waals surface area contributed by atoms with Crippen molar-refractivity contribution in [3.05, 3.63) is 29.8 Å². The van der Waals surface area contributed by atoms with Crippen LogP contribution in [0.25, 0.3) is 0 Å². The molecule has 0 unspecified atom stereocenters. The number of alkyl halides is 5. The van der Waals surface area contributed by atoms with Gasteiger partial charge in [0, 0.05) is 20.0 Å². The summed E-state index contributed by atoms with van der Waals surface area (Å²) in [6.45, 7) is -1.19. The van der Waals surface area contributed by atoms with E-state index in [4.69, 9.17) is 9.79 Å². The van der Waals surface area contributed by atoms with Crippen LogP contribution in [0.15, 0.2) is 24.3 Å². The average molecular weight is 611 g/mol. The second-order valence-corrected chi connectivity index (χ2v) is 10.7. The van der Waals surface area contributed by atoms with E-state index in [-0.39, 0.29) is 12.1 Å². The van der Waals surface area contributed by atoms with Gasteiger partial charge < -0.3 is 24.9 Å². The van der Waals surface area contributed by atoms with E-state index in [1.165, 1.54) is 17.4 Å². The summed E-state index contributed by atoms with van der Waals surface area (Å²) in [6, 6.07) is 4.89. The maximum atomic E-state index is 13.5. The van der Waals surface area contributed by atoms with Crippen LogP contribution in [0.3, 0.4) is 0 Å². The van der Waals surface area contributed by atoms with Gasteiger partial charge in [-0.3, -0.25) is 28.6 Å². The van der Waals surface area contributed by atoms with E-state index in [2.05, 4.69) is 4.52 Å². The number of hydrogen-bond donors (Lipinski definition) is 3. The molecule has 1 spiro atoms. The number of nitrogens with zero attached hydrogens (tertiary/aromatic N) is 4. The van der Waals surface area contributed by atoms with Crippen molar-refractivity contribution in [3.8, 4) is 6.07 Å². The van der Waals surface area contributed by atoms with Crippen LogP contribution in [0.2, 0.25) is 0 Å². The number of likely N-dealkylation sites (N-methyl/N-ethyl adjacent to an activating group) is 1. The number of nitriles is 1. The fraction of sp³-hybridized carbons (Fsp3) is 0.500. The molecule has 0 aromatic heterocycles. The fourth-order valence-electron chi connectivity index (χ4n) is 4.67. The first-order valence-electron chi connectivity index (χ1n) is 11.6. The highest BCUT2D eigenvalue weighted by Gasteiger charge is 2.64. The molecule has 4 amide bonds. The highest BCUT2D eigenvalue weighted by atomic mass is 31.2. The molecule has 3 rings (SSSR count). The molecule has 1 fully saturated rings. The Labute approximate surface area is 228 Å². The fourth-order valence-corrected chi connectivity index (χ4v) is 4.94. The first-order chi connectivity index (χ1) is 18.8. The Balaban J connectivity index is 1.77. The van der Waals surface area contributed by atoms with Gasteiger partial charge in [0.2, 0.25) is 17.7 Å². The molecule has 0 bridgehead atoms. The van der Waals surface area contributed by atoms with Crippen molar-refractivity contribution in [1.29, 1.82) is 5.26 Å². The van der Waals surface area contributed by atoms with Gasteiger partial charge >= 0.3 is 25.8 Å². The maximum Gasteiger partial charge on any atom is 0.471 e. The summed E-state index contributed by atoms with van der Waals surface area (Å²) in [5.41, 5.74) is -0.941. The number of carbonyl (C=O) groups excluding carboxylic acids is 4. The van der Waals surface area contributed by atoms with E-state index in [1.54, 1.807) is 12.1 Å². The van der Waals surface area contributed by atoms with E-state index >= 15 is 0 Å². The molecule has 224 valence electrons. The third kappa shape index (κ3) is 6.03. The maximum absolute atomic E-state index is 13.5. The molecule has 1 aromatic rings. The lowest BCUT2D eigenvalue weighted by atomic mass is 9.79. The topological polar surface area (TPSA) is 181 Å². The minimum absolute atomic E-state index is 0.226. The van der Waals surface area contributed by atoms with Gasteiger partial charge in [-0.15, -0.1) is 0 Å². The minimum Gasteiger partial charge on any atom is -0.339 e. The van der Waals surface area contributed by atoms with Crippen molar-refractivity contribution in [3.63, 3.8) is 0 Å². The molecule has 0 aliphatic carbocycles. The molecular weight excluding hydrogens is 588 g/mol. The molecule has 3 atom stereocenters. The van der Waals surface area contributed by atoms with Gasteiger partial charge in [0.25, 0.3) is 0 Å². The van der Waals surface area contributed by atoms with Crippen LogP contribution in [0.5, 0.6) is 0 Å². The predicted octanol–water partition coefficient (Wildman–Crippen LogP) is 0.623. The number of nitrogens with one attached hydrogen (secondary N) is 1. The van der Waals surface area contributed by atoms with Gasteiger partial charge in [0.15, 0.2) is 0 Å². The Morgan fingerprint density at radius 2 is 1.88 bits per heavy atom. The number of phosphoric acid groups is 1. The first-order valence-corrected chi connectivity index (χ1v) is 13.1. The van der Waals surface area contributed by atoms with Crippen LogP contribution in [-0.4, -0.2) is 94.3 Å². The third-order valence-corrected chi connectivity index (χ3v) is 7.11. The van der Waals surface area contributed by atoms with Crippen molar-refractivity contribution < 1.29 is 60.0 Å². The van der Waals surface area contributed by atoms with Crippen LogP contribution in [-0.2, 0) is 33.7 Å². The number of benzene rings is 1. The molecule has 2 aliphatic heterocycles. The highest BCUT2D eigenvalue weighted by molar-refractivity contribution is 7.46. The van der Waals surface area contributed by atoms with Gasteiger partial charge in [-0.1, -0.05) is 18.2 Å². The van der Waals surface area contributed by atoms with Crippen LogP contribution < -0.4 is 10.2 Å². The Bertz CT molecular complexity index is 1350. The lowest BCUT2D eigenvalue weighted by molar-refractivity contribution is -0.270. The smallest absolute Gasteiger partial charge is 0.339 e. The molecular formula is C22H23F5N5O8P. The molecule has 2 heterocycles. The number of para-hydroxylation sites is 1. The third-order valence-electron chi connectivity index (χ3n) is 6.66. The standard InChI is InChI=1S/C22H23F5N5O8P/c1-12(29-18(35)21(23,24)22(25,26)27)17(34)30(2)9-16(33)31-10-20(7-13(31)8-28)14-5-3-4-6-15(14)32(19(20)36)11-40-41(37,38)39/h3-6,12-13H,7,9-11H2,1-2H3,(H,29,35)(H2,37,38,39)/t12-,13-,20-/m0/s1. The Morgan fingerprint density at radius 1 is 1.27 bits per heavy atom. The summed E-state index contributed by atoms with van der Waals surface area (Å²) in [6.07, 6.45) is -6.43. The summed E-state index contributed by atoms with van der Waals surface area (Å²) < 4.78 is 79.4. The van der Waals surface area contributed by atoms with Crippen LogP contribution >= 0.6 is 7.82 Å². The number of amides is 4. The van der Waals surface area contributed by atoms with Crippen molar-refractivity contribution in [2.45, 2.75) is 42.9 Å². The zero-order valence-corrected chi connectivity index (χ0v) is 22.2. The van der Waals surface area contributed by atoms with Crippen LogP contribution in [0, 0.1) is 11.3 Å². The van der Waals surface area contributed by atoms with Crippen molar-refractivity contribution in [1.82, 2.24) is 15.1 Å². The van der Waals surface area contributed by atoms with Gasteiger partial charge in [0.1, 0.15) is 18.8 Å². The Morgan fingerprint density at radius 3 is 2.44 bits per heavy atom. The van der Waals surface area contributed by atoms with Crippen molar-refractivity contribution in [2.75, 3.05) is 31.8 Å². The van der Waals surface area contributed by atoms with Gasteiger partial charge in [-0.05, 0) is 18.6 Å². The summed E-state index contributed by atoms with van der Waals surface area (Å²) in [5, 5.41) is 11.0. The lowest BCUT2D eigenvalue weighted by Crippen LogP contribution is -2.56. The summed E-state index contributed by atoms with van der Waals surface area (Å²) >= 11 is 0. The second kappa shape index (κ2) is 11.0. The molecule has 2 aliphatic rings. The Hall–Kier alpha value is -3.65. The zero-order valence-electron chi connectivity index (χ0n) is 21.3. The quantitative estimate of drug-likeness (QED) is 0.281. The van der Waals surface area contributed by atoms with Gasteiger partial charge in [-0.25, -0.2) is 4.57 Å². The lowest BCUT2D eigenvalue weighted by Gasteiger charge is -2.27. The zero-order chi connectivity index (χ0) is 31.1. The summed E-state index contributed by atoms with van der Waals surface area (Å²) in [7, 11) is -3.97. The number of halogens is 5. The molecule has 41 heavy (non-hydrogen) atoms. The van der Waals surface area contributed by atoms with E-state index in [1.807, 2.05) is 6.07 Å². The average Bonchev–Trinajstić information content (AvgIpc) is 3.37. The van der Waals surface area contributed by atoms with E-state index in [0.717, 1.165) is 23.8 Å². The highest BCUT2D eigenvalue weighted by Crippen LogP contribution is 2.50. The van der Waals surface area contributed by atoms with Gasteiger partial charge in [0.05, 0.1) is 23.7 Å². The van der Waals surface area contributed by atoms with E-state index in [0.29, 0.717) is 10.5 Å². The molecule has 1 saturated heterocycles. The number of rotatable bonds is 8. The molecule has 13 nitrogen and oxygen atoms in total. The largest absolute Gasteiger partial charge is 0.471 e. The Kier molecular flexibility index (Phi) is 8.53. The first kappa shape index (κ1) is 31.9. The number of fused-ring (bicyclic) bond motifs is 2. The monoisotopic (exact) mass is 611 g/mol. The number of hydrogen-bond acceptors (Lipinski definition) is 7. The van der Waals surface area contributed by atoms with Crippen LogP contribution in [0.4, 0.5) is 27.6 Å². The molecule has 3 N–H and O–H groups in total. The molecule has 0 saturated carbocycles. The molecule has 19 heteroatoms. The molecule has 0 radical (unpaired) electrons. The van der Waals surface area contributed by atoms with Crippen molar-refractivity contribution >= 4 is 37.1 Å². The number of phosphoric ester groups is 1. The van der Waals surface area contributed by atoms with E-state index < -0.39 is 80.9 Å². The second-order valence-electron chi connectivity index (χ2n) is 9.41. The predicted molar refractivity (Wildman–Crippen MR) is 126 cm³/mol. The summed E-state index contributed by atoms with van der Waals surface area (Å²) in [5.74, 6) is -11.3. The normalized spacial score (nSPS) is 21.5. The molecule has 1 aromatic carbocycles. The van der Waals surface area contributed by atoms with E-state index in [9.17, 15) is 51.0 Å². The summed E-state index contributed by atoms with van der Waals surface area (Å²) in [4.78, 5) is 71.3. The number of anilines is 1. The van der Waals surface area contributed by atoms with Crippen molar-refractivity contribution in [2.24, 2.45) is 0 Å². The van der Waals surface area contributed by atoms with Gasteiger partial charge in [-0.2, -0.15) is 27.2 Å². The minimum atomic E-state index is -6.20. The SMILES string of the molecule is C[C@H](NC(=O)C(F)(F)C(F)(F)F)C(=O)N(C)CC(=O)N1C[C@]2(C[C@H]1C#N)C(=O)N(COP(=O)(O)O)c1ccccc12. The number of carbonyl (C=O) groups is 4. The van der Waals surface area contributed by atoms with Crippen LogP contribution in [0.1, 0.15) is 18.9 Å². The number of likely N-dealkylation sites (tertiary alicyclic amines) is 1.